The topological polar surface area (TPSA) is 92.4 Å². The van der Waals surface area contributed by atoms with Gasteiger partial charge in [-0.15, -0.1) is 0 Å². The summed E-state index contributed by atoms with van der Waals surface area (Å²) in [5.74, 6) is -0.982. The quantitative estimate of drug-likeness (QED) is 0.519. The fourth-order valence-corrected chi connectivity index (χ4v) is 2.39. The normalized spacial score (nSPS) is 28.0. The second-order valence-corrected chi connectivity index (χ2v) is 4.60. The van der Waals surface area contributed by atoms with Gasteiger partial charge in [0, 0.05) is 12.1 Å². The lowest BCUT2D eigenvalue weighted by molar-refractivity contribution is -0.145. The van der Waals surface area contributed by atoms with Crippen LogP contribution in [0.2, 0.25) is 0 Å². The van der Waals surface area contributed by atoms with Crippen LogP contribution >= 0.6 is 0 Å². The van der Waals surface area contributed by atoms with Crippen LogP contribution in [0.25, 0.3) is 0 Å². The maximum absolute atomic E-state index is 12.1. The van der Waals surface area contributed by atoms with Crippen molar-refractivity contribution in [1.29, 1.82) is 0 Å². The number of nitrogens with two attached hydrogens (primary N) is 1. The number of hydrogen-bond donors (Lipinski definition) is 3. The van der Waals surface area contributed by atoms with Crippen molar-refractivity contribution in [3.05, 3.63) is 29.8 Å². The molecule has 18 heavy (non-hydrogen) atoms. The van der Waals surface area contributed by atoms with Gasteiger partial charge in [0.15, 0.2) is 0 Å². The number of carbonyl (C=O) groups is 2. The SMILES string of the molecule is CCC1(c2ccc(N)cc2)CC(O)C(=O)NC1=O. The molecule has 1 fully saturated rings. The van der Waals surface area contributed by atoms with Crippen molar-refractivity contribution in [1.82, 2.24) is 5.32 Å². The standard InChI is InChI=1S/C13H16N2O3/c1-2-13(8-3-5-9(14)6-4-8)7-10(16)11(17)15-12(13)18/h3-6,10,16H,2,7,14H2,1H3,(H,15,17,18). The number of aliphatic hydroxyl groups is 1. The number of anilines is 1. The summed E-state index contributed by atoms with van der Waals surface area (Å²) in [7, 11) is 0. The number of rotatable bonds is 2. The summed E-state index contributed by atoms with van der Waals surface area (Å²) in [4.78, 5) is 23.4. The van der Waals surface area contributed by atoms with E-state index < -0.39 is 17.4 Å². The first kappa shape index (κ1) is 12.6. The van der Waals surface area contributed by atoms with Crippen molar-refractivity contribution < 1.29 is 14.7 Å². The Morgan fingerprint density at radius 3 is 2.56 bits per heavy atom. The zero-order valence-corrected chi connectivity index (χ0v) is 10.1. The highest BCUT2D eigenvalue weighted by atomic mass is 16.3. The lowest BCUT2D eigenvalue weighted by Crippen LogP contribution is -2.57. The van der Waals surface area contributed by atoms with Gasteiger partial charge in [0.2, 0.25) is 5.91 Å². The van der Waals surface area contributed by atoms with Gasteiger partial charge >= 0.3 is 0 Å². The van der Waals surface area contributed by atoms with E-state index in [1.54, 1.807) is 24.3 Å². The van der Waals surface area contributed by atoms with Gasteiger partial charge in [0.05, 0.1) is 5.41 Å². The predicted octanol–water partition coefficient (Wildman–Crippen LogP) is 0.324. The molecule has 0 aliphatic carbocycles. The second kappa shape index (κ2) is 4.42. The molecule has 1 aliphatic rings. The summed E-state index contributed by atoms with van der Waals surface area (Å²) in [6.07, 6.45) is -0.536. The monoisotopic (exact) mass is 248 g/mol. The number of nitrogen functional groups attached to an aromatic ring is 1. The van der Waals surface area contributed by atoms with Gasteiger partial charge in [-0.1, -0.05) is 19.1 Å². The van der Waals surface area contributed by atoms with Crippen LogP contribution < -0.4 is 11.1 Å². The van der Waals surface area contributed by atoms with Crippen LogP contribution in [0.3, 0.4) is 0 Å². The molecule has 1 aromatic rings. The molecule has 4 N–H and O–H groups in total. The van der Waals surface area contributed by atoms with Crippen molar-refractivity contribution in [3.63, 3.8) is 0 Å². The third-order valence-corrected chi connectivity index (χ3v) is 3.58. The molecule has 2 atom stereocenters. The minimum Gasteiger partial charge on any atom is -0.399 e. The molecule has 1 aromatic carbocycles. The summed E-state index contributed by atoms with van der Waals surface area (Å²) in [6.45, 7) is 1.86. The van der Waals surface area contributed by atoms with Crippen molar-refractivity contribution in [2.75, 3.05) is 5.73 Å². The van der Waals surface area contributed by atoms with Gasteiger partial charge in [0.1, 0.15) is 6.10 Å². The van der Waals surface area contributed by atoms with E-state index in [1.807, 2.05) is 6.92 Å². The van der Waals surface area contributed by atoms with Crippen LogP contribution in [0.4, 0.5) is 5.69 Å². The minimum atomic E-state index is -1.15. The van der Waals surface area contributed by atoms with E-state index in [0.717, 1.165) is 5.56 Å². The Morgan fingerprint density at radius 2 is 2.00 bits per heavy atom. The Bertz CT molecular complexity index is 484. The summed E-state index contributed by atoms with van der Waals surface area (Å²) in [5.41, 5.74) is 6.14. The van der Waals surface area contributed by atoms with E-state index in [2.05, 4.69) is 5.32 Å². The minimum absolute atomic E-state index is 0.109. The van der Waals surface area contributed by atoms with Crippen LogP contribution in [0.15, 0.2) is 24.3 Å². The molecular formula is C13H16N2O3. The third-order valence-electron chi connectivity index (χ3n) is 3.58. The maximum Gasteiger partial charge on any atom is 0.255 e. The van der Waals surface area contributed by atoms with Gasteiger partial charge < -0.3 is 10.8 Å². The molecule has 0 spiro atoms. The van der Waals surface area contributed by atoms with Crippen LogP contribution in [0, 0.1) is 0 Å². The van der Waals surface area contributed by atoms with E-state index in [9.17, 15) is 14.7 Å². The number of benzene rings is 1. The molecule has 2 unspecified atom stereocenters. The van der Waals surface area contributed by atoms with Crippen molar-refractivity contribution >= 4 is 17.5 Å². The third kappa shape index (κ3) is 1.86. The molecule has 0 aromatic heterocycles. The number of aliphatic hydroxyl groups excluding tert-OH is 1. The molecule has 1 aliphatic heterocycles. The van der Waals surface area contributed by atoms with E-state index in [1.165, 1.54) is 0 Å². The van der Waals surface area contributed by atoms with Crippen molar-refractivity contribution in [2.24, 2.45) is 0 Å². The smallest absolute Gasteiger partial charge is 0.255 e. The molecule has 2 rings (SSSR count). The fraction of sp³-hybridized carbons (Fsp3) is 0.385. The average Bonchev–Trinajstić information content (AvgIpc) is 2.35. The van der Waals surface area contributed by atoms with Crippen LogP contribution in [0.1, 0.15) is 25.3 Å². The molecule has 96 valence electrons. The van der Waals surface area contributed by atoms with Gasteiger partial charge in [-0.3, -0.25) is 14.9 Å². The molecule has 5 heteroatoms. The highest BCUT2D eigenvalue weighted by Crippen LogP contribution is 2.36. The first-order chi connectivity index (χ1) is 8.49. The van der Waals surface area contributed by atoms with Crippen LogP contribution in [-0.4, -0.2) is 23.0 Å². The molecule has 5 nitrogen and oxygen atoms in total. The largest absolute Gasteiger partial charge is 0.399 e. The van der Waals surface area contributed by atoms with Gasteiger partial charge in [-0.25, -0.2) is 0 Å². The Labute approximate surface area is 105 Å². The zero-order chi connectivity index (χ0) is 13.3. The number of hydrogen-bond acceptors (Lipinski definition) is 4. The summed E-state index contributed by atoms with van der Waals surface area (Å²) in [5, 5.41) is 11.9. The summed E-state index contributed by atoms with van der Waals surface area (Å²) >= 11 is 0. The van der Waals surface area contributed by atoms with Crippen LogP contribution in [-0.2, 0) is 15.0 Å². The Kier molecular flexibility index (Phi) is 3.09. The molecule has 0 saturated carbocycles. The predicted molar refractivity (Wildman–Crippen MR) is 66.6 cm³/mol. The number of piperidine rings is 1. The van der Waals surface area contributed by atoms with Gasteiger partial charge in [-0.05, 0) is 24.1 Å². The number of imide groups is 1. The first-order valence-electron chi connectivity index (χ1n) is 5.89. The molecular weight excluding hydrogens is 232 g/mol. The molecule has 1 saturated heterocycles. The van der Waals surface area contributed by atoms with E-state index >= 15 is 0 Å². The number of nitrogens with one attached hydrogen (secondary N) is 1. The molecule has 0 radical (unpaired) electrons. The highest BCUT2D eigenvalue weighted by Gasteiger charge is 2.46. The zero-order valence-electron chi connectivity index (χ0n) is 10.1. The number of amides is 2. The van der Waals surface area contributed by atoms with Gasteiger partial charge in [0.25, 0.3) is 5.91 Å². The average molecular weight is 248 g/mol. The highest BCUT2D eigenvalue weighted by molar-refractivity contribution is 6.05. The maximum atomic E-state index is 12.1. The van der Waals surface area contributed by atoms with Crippen molar-refractivity contribution in [3.8, 4) is 0 Å². The fourth-order valence-electron chi connectivity index (χ4n) is 2.39. The summed E-state index contributed by atoms with van der Waals surface area (Å²) in [6, 6.07) is 6.95. The molecule has 2 amide bonds. The molecule has 1 heterocycles. The van der Waals surface area contributed by atoms with Crippen LogP contribution in [0.5, 0.6) is 0 Å². The second-order valence-electron chi connectivity index (χ2n) is 4.60. The van der Waals surface area contributed by atoms with E-state index in [-0.39, 0.29) is 12.3 Å². The Hall–Kier alpha value is -1.88. The first-order valence-corrected chi connectivity index (χ1v) is 5.89. The number of carbonyl (C=O) groups excluding carboxylic acids is 2. The Morgan fingerprint density at radius 1 is 1.39 bits per heavy atom. The lowest BCUT2D eigenvalue weighted by atomic mass is 9.71. The van der Waals surface area contributed by atoms with E-state index in [0.29, 0.717) is 12.1 Å². The van der Waals surface area contributed by atoms with E-state index in [4.69, 9.17) is 5.73 Å². The molecule has 0 bridgehead atoms. The van der Waals surface area contributed by atoms with Gasteiger partial charge in [-0.2, -0.15) is 0 Å². The van der Waals surface area contributed by atoms with Crippen molar-refractivity contribution in [2.45, 2.75) is 31.3 Å². The Balaban J connectivity index is 2.44. The lowest BCUT2D eigenvalue weighted by Gasteiger charge is -2.37. The summed E-state index contributed by atoms with van der Waals surface area (Å²) < 4.78 is 0.